The number of nitrogens with zero attached hydrogens (tertiary/aromatic N) is 1. The van der Waals surface area contributed by atoms with E-state index in [-0.39, 0.29) is 11.8 Å². The Kier molecular flexibility index (Phi) is 8.84. The van der Waals surface area contributed by atoms with Crippen LogP contribution >= 0.6 is 12.2 Å². The van der Waals surface area contributed by atoms with E-state index in [9.17, 15) is 9.59 Å². The summed E-state index contributed by atoms with van der Waals surface area (Å²) in [4.78, 5) is 27.1. The van der Waals surface area contributed by atoms with E-state index in [1.165, 1.54) is 7.11 Å². The topological polar surface area (TPSA) is 70.7 Å². The van der Waals surface area contributed by atoms with Gasteiger partial charge in [-0.25, -0.2) is 4.79 Å². The lowest BCUT2D eigenvalue weighted by atomic mass is 9.94. The van der Waals surface area contributed by atoms with Gasteiger partial charge in [0.05, 0.1) is 18.7 Å². The number of hydrogen-bond acceptors (Lipinski definition) is 4. The highest BCUT2D eigenvalue weighted by molar-refractivity contribution is 7.80. The third-order valence-corrected chi connectivity index (χ3v) is 5.91. The van der Waals surface area contributed by atoms with Crippen LogP contribution < -0.4 is 10.6 Å². The minimum absolute atomic E-state index is 0.000118. The molecule has 1 amide bonds. The van der Waals surface area contributed by atoms with Crippen molar-refractivity contribution in [2.45, 2.75) is 59.4 Å². The normalized spacial score (nSPS) is 17.4. The summed E-state index contributed by atoms with van der Waals surface area (Å²) in [5.41, 5.74) is 2.84. The van der Waals surface area contributed by atoms with E-state index in [0.717, 1.165) is 36.9 Å². The molecule has 0 radical (unpaired) electrons. The lowest BCUT2D eigenvalue weighted by molar-refractivity contribution is -0.136. The average molecular weight is 432 g/mol. The molecule has 7 heteroatoms. The summed E-state index contributed by atoms with van der Waals surface area (Å²) in [6.07, 6.45) is 3.81. The number of amides is 1. The molecule has 2 rings (SSSR count). The number of nitrogens with one attached hydrogen (secondary N) is 2. The Morgan fingerprint density at radius 2 is 2.03 bits per heavy atom. The lowest BCUT2D eigenvalue weighted by Crippen LogP contribution is -2.47. The summed E-state index contributed by atoms with van der Waals surface area (Å²) in [6, 6.07) is 7.11. The Hall–Kier alpha value is -2.41. The molecule has 1 aliphatic heterocycles. The summed E-state index contributed by atoms with van der Waals surface area (Å²) in [6.45, 7) is 8.67. The highest BCUT2D eigenvalue weighted by atomic mass is 32.1. The van der Waals surface area contributed by atoms with Gasteiger partial charge in [-0.05, 0) is 56.6 Å². The van der Waals surface area contributed by atoms with Crippen LogP contribution in [0.25, 0.3) is 0 Å². The fourth-order valence-corrected chi connectivity index (χ4v) is 4.18. The zero-order valence-corrected chi connectivity index (χ0v) is 19.4. The van der Waals surface area contributed by atoms with Crippen molar-refractivity contribution in [3.8, 4) is 0 Å². The van der Waals surface area contributed by atoms with E-state index in [2.05, 4.69) is 17.6 Å². The Bertz CT molecular complexity index is 822. The minimum Gasteiger partial charge on any atom is -0.466 e. The van der Waals surface area contributed by atoms with E-state index in [4.69, 9.17) is 17.0 Å². The molecule has 0 fully saturated rings. The fourth-order valence-electron chi connectivity index (χ4n) is 3.80. The van der Waals surface area contributed by atoms with Gasteiger partial charge in [0.15, 0.2) is 5.11 Å². The highest BCUT2D eigenvalue weighted by Crippen LogP contribution is 2.32. The van der Waals surface area contributed by atoms with Crippen LogP contribution in [0.2, 0.25) is 0 Å². The monoisotopic (exact) mass is 431 g/mol. The van der Waals surface area contributed by atoms with Crippen molar-refractivity contribution in [2.75, 3.05) is 19.0 Å². The summed E-state index contributed by atoms with van der Waals surface area (Å²) >= 11 is 5.51. The van der Waals surface area contributed by atoms with Gasteiger partial charge in [-0.15, -0.1) is 0 Å². The van der Waals surface area contributed by atoms with Gasteiger partial charge < -0.3 is 20.3 Å². The predicted molar refractivity (Wildman–Crippen MR) is 124 cm³/mol. The minimum atomic E-state index is -0.438. The molecule has 2 N–H and O–H groups in total. The van der Waals surface area contributed by atoms with Crippen molar-refractivity contribution in [3.63, 3.8) is 0 Å². The van der Waals surface area contributed by atoms with Crippen LogP contribution in [0.15, 0.2) is 35.5 Å². The number of allylic oxidation sites excluding steroid dienone is 1. The van der Waals surface area contributed by atoms with Gasteiger partial charge in [0, 0.05) is 23.8 Å². The van der Waals surface area contributed by atoms with Crippen molar-refractivity contribution in [1.29, 1.82) is 0 Å². The first-order chi connectivity index (χ1) is 14.4. The number of thiocarbonyl (C=S) groups is 1. The maximum absolute atomic E-state index is 12.7. The van der Waals surface area contributed by atoms with E-state index in [1.54, 1.807) is 0 Å². The number of unbranched alkanes of at least 4 members (excludes halogenated alkanes) is 1. The predicted octanol–water partition coefficient (Wildman–Crippen LogP) is 4.54. The summed E-state index contributed by atoms with van der Waals surface area (Å²) in [5, 5.41) is 6.86. The van der Waals surface area contributed by atoms with Gasteiger partial charge in [-0.1, -0.05) is 38.8 Å². The largest absolute Gasteiger partial charge is 0.466 e. The first-order valence-electron chi connectivity index (χ1n) is 10.7. The van der Waals surface area contributed by atoms with Crippen LogP contribution in [0.4, 0.5) is 5.69 Å². The average Bonchev–Trinajstić information content (AvgIpc) is 2.74. The van der Waals surface area contributed by atoms with Gasteiger partial charge in [0.25, 0.3) is 0 Å². The molecule has 2 atom stereocenters. The Balaban J connectivity index is 2.33. The fraction of sp³-hybridized carbons (Fsp3) is 0.522. The molecule has 0 aromatic heterocycles. The van der Waals surface area contributed by atoms with E-state index >= 15 is 0 Å². The van der Waals surface area contributed by atoms with Crippen molar-refractivity contribution >= 4 is 34.9 Å². The number of esters is 1. The second-order valence-electron chi connectivity index (χ2n) is 7.48. The van der Waals surface area contributed by atoms with Crippen LogP contribution in [-0.2, 0) is 14.3 Å². The maximum Gasteiger partial charge on any atom is 0.337 e. The molecule has 1 heterocycles. The molecule has 30 heavy (non-hydrogen) atoms. The number of carbonyl (C=O) groups excluding carboxylic acids is 2. The third kappa shape index (κ3) is 5.39. The van der Waals surface area contributed by atoms with Crippen LogP contribution in [0.3, 0.4) is 0 Å². The van der Waals surface area contributed by atoms with Crippen LogP contribution in [0, 0.1) is 5.92 Å². The van der Waals surface area contributed by atoms with Crippen molar-refractivity contribution in [1.82, 2.24) is 10.2 Å². The Morgan fingerprint density at radius 1 is 1.30 bits per heavy atom. The molecule has 1 aromatic rings. The molecule has 0 bridgehead atoms. The van der Waals surface area contributed by atoms with Gasteiger partial charge in [0.2, 0.25) is 5.91 Å². The molecule has 0 spiro atoms. The molecular weight excluding hydrogens is 398 g/mol. The summed E-state index contributed by atoms with van der Waals surface area (Å²) in [7, 11) is 1.38. The second-order valence-corrected chi connectivity index (χ2v) is 7.87. The zero-order valence-electron chi connectivity index (χ0n) is 18.6. The third-order valence-electron chi connectivity index (χ3n) is 5.58. The molecule has 0 aliphatic carbocycles. The van der Waals surface area contributed by atoms with Crippen LogP contribution in [-0.4, -0.2) is 35.5 Å². The molecule has 2 unspecified atom stereocenters. The maximum atomic E-state index is 12.7. The molecule has 0 saturated carbocycles. The molecule has 1 aromatic carbocycles. The van der Waals surface area contributed by atoms with Crippen molar-refractivity contribution < 1.29 is 14.3 Å². The van der Waals surface area contributed by atoms with Gasteiger partial charge in [0.1, 0.15) is 0 Å². The summed E-state index contributed by atoms with van der Waals surface area (Å²) in [5.74, 6) is -0.363. The molecule has 0 saturated heterocycles. The first-order valence-corrected chi connectivity index (χ1v) is 11.1. The number of carbonyl (C=O) groups is 2. The van der Waals surface area contributed by atoms with E-state index in [1.807, 2.05) is 49.9 Å². The zero-order chi connectivity index (χ0) is 22.3. The van der Waals surface area contributed by atoms with Crippen LogP contribution in [0.1, 0.15) is 65.0 Å². The van der Waals surface area contributed by atoms with E-state index in [0.29, 0.717) is 22.9 Å². The van der Waals surface area contributed by atoms with Crippen molar-refractivity contribution in [2.24, 2.45) is 5.92 Å². The van der Waals surface area contributed by atoms with Crippen LogP contribution in [0.5, 0.6) is 0 Å². The molecular formula is C23H33N3O3S. The number of hydrogen-bond donors (Lipinski definition) is 2. The number of rotatable bonds is 9. The number of methoxy groups -OCH3 is 1. The molecule has 164 valence electrons. The number of ether oxygens (including phenoxy) is 1. The van der Waals surface area contributed by atoms with Gasteiger partial charge in [-0.3, -0.25) is 4.79 Å². The smallest absolute Gasteiger partial charge is 0.337 e. The van der Waals surface area contributed by atoms with Gasteiger partial charge in [-0.2, -0.15) is 0 Å². The summed E-state index contributed by atoms with van der Waals surface area (Å²) < 4.78 is 5.04. The quantitative estimate of drug-likeness (QED) is 0.442. The first kappa shape index (κ1) is 23.9. The van der Waals surface area contributed by atoms with Gasteiger partial charge >= 0.3 is 5.97 Å². The second kappa shape index (κ2) is 11.1. The van der Waals surface area contributed by atoms with Crippen molar-refractivity contribution in [3.05, 3.63) is 41.1 Å². The van der Waals surface area contributed by atoms with E-state index < -0.39 is 12.0 Å². The highest BCUT2D eigenvalue weighted by Gasteiger charge is 2.34. The standard InChI is InChI=1S/C23H33N3O3S/c1-6-9-11-16(7-2)21(27)24-18-13-10-12-17(14-18)20-19(22(28)29-5)15(4)26(8-3)23(30)25-20/h10,12-14,16,20H,6-9,11H2,1-5H3,(H,24,27)(H,25,30). The number of anilines is 1. The number of benzene rings is 1. The Labute approximate surface area is 185 Å². The molecule has 6 nitrogen and oxygen atoms in total. The Morgan fingerprint density at radius 3 is 2.63 bits per heavy atom. The lowest BCUT2D eigenvalue weighted by Gasteiger charge is -2.37. The SMILES string of the molecule is CCCCC(CC)C(=O)Nc1cccc(C2NC(=S)N(CC)C(C)=C2C(=O)OC)c1. The molecule has 1 aliphatic rings.